The molecular weight excluding hydrogens is 298 g/mol. The Morgan fingerprint density at radius 1 is 0.952 bits per heavy atom. The summed E-state index contributed by atoms with van der Waals surface area (Å²) in [6, 6.07) is 5.01. The summed E-state index contributed by atoms with van der Waals surface area (Å²) >= 11 is 0. The predicted octanol–water partition coefficient (Wildman–Crippen LogP) is 5.34. The monoisotopic (exact) mass is 312 g/mol. The van der Waals surface area contributed by atoms with Crippen LogP contribution in [0, 0.1) is 0 Å². The molecule has 0 aromatic heterocycles. The molecule has 0 amide bonds. The minimum atomic E-state index is -5.65. The summed E-state index contributed by atoms with van der Waals surface area (Å²) < 4.78 is 83.3. The van der Waals surface area contributed by atoms with Gasteiger partial charge in [-0.2, -0.15) is 26.3 Å². The van der Waals surface area contributed by atoms with Gasteiger partial charge >= 0.3 is 18.0 Å². The van der Waals surface area contributed by atoms with E-state index in [1.807, 2.05) is 0 Å². The molecule has 0 bridgehead atoms. The Kier molecular flexibility index (Phi) is 5.31. The molecule has 21 heavy (non-hydrogen) atoms. The van der Waals surface area contributed by atoms with E-state index in [2.05, 4.69) is 4.74 Å². The SMILES string of the molecule is CCCC=COC(c1ccccc1)(C(F)(F)F)C(F)(F)F. The van der Waals surface area contributed by atoms with Gasteiger partial charge in [-0.3, -0.25) is 0 Å². The highest BCUT2D eigenvalue weighted by Crippen LogP contribution is 2.53. The molecule has 0 fully saturated rings. The standard InChI is InChI=1S/C14H14F6O/c1-2-3-7-10-21-12(13(15,16)17,14(18,19)20)11-8-5-4-6-9-11/h4-10H,2-3H2,1H3. The molecule has 1 rings (SSSR count). The van der Waals surface area contributed by atoms with Crippen molar-refractivity contribution in [3.05, 3.63) is 48.2 Å². The zero-order chi connectivity index (χ0) is 16.1. The fourth-order valence-electron chi connectivity index (χ4n) is 1.75. The van der Waals surface area contributed by atoms with E-state index in [4.69, 9.17) is 0 Å². The lowest BCUT2D eigenvalue weighted by Gasteiger charge is -2.36. The normalized spacial score (nSPS) is 13.7. The zero-order valence-electron chi connectivity index (χ0n) is 11.1. The third kappa shape index (κ3) is 3.51. The number of hydrogen-bond acceptors (Lipinski definition) is 1. The summed E-state index contributed by atoms with van der Waals surface area (Å²) in [5, 5.41) is 0. The van der Waals surface area contributed by atoms with Gasteiger partial charge in [0.05, 0.1) is 6.26 Å². The zero-order valence-corrected chi connectivity index (χ0v) is 11.1. The highest BCUT2D eigenvalue weighted by atomic mass is 19.4. The van der Waals surface area contributed by atoms with E-state index in [0.29, 0.717) is 19.1 Å². The van der Waals surface area contributed by atoms with Gasteiger partial charge < -0.3 is 4.74 Å². The maximum Gasteiger partial charge on any atom is 0.442 e. The Morgan fingerprint density at radius 2 is 1.48 bits per heavy atom. The highest BCUT2D eigenvalue weighted by molar-refractivity contribution is 5.27. The van der Waals surface area contributed by atoms with E-state index in [1.54, 1.807) is 6.92 Å². The lowest BCUT2D eigenvalue weighted by molar-refractivity contribution is -0.376. The second kappa shape index (κ2) is 6.41. The van der Waals surface area contributed by atoms with Crippen molar-refractivity contribution < 1.29 is 31.1 Å². The summed E-state index contributed by atoms with van der Waals surface area (Å²) in [6.07, 6.45) is -8.80. The van der Waals surface area contributed by atoms with Crippen molar-refractivity contribution in [2.45, 2.75) is 37.7 Å². The molecule has 1 aromatic rings. The van der Waals surface area contributed by atoms with E-state index in [9.17, 15) is 26.3 Å². The number of unbranched alkanes of at least 4 members (excludes halogenated alkanes) is 1. The number of benzene rings is 1. The van der Waals surface area contributed by atoms with E-state index in [1.165, 1.54) is 6.07 Å². The van der Waals surface area contributed by atoms with Gasteiger partial charge in [-0.05, 0) is 12.5 Å². The van der Waals surface area contributed by atoms with Gasteiger partial charge in [-0.1, -0.05) is 43.7 Å². The van der Waals surface area contributed by atoms with Crippen LogP contribution in [0.1, 0.15) is 25.3 Å². The van der Waals surface area contributed by atoms with E-state index >= 15 is 0 Å². The smallest absolute Gasteiger partial charge is 0.442 e. The van der Waals surface area contributed by atoms with Crippen LogP contribution in [-0.2, 0) is 10.3 Å². The summed E-state index contributed by atoms with van der Waals surface area (Å²) in [6.45, 7) is 1.74. The van der Waals surface area contributed by atoms with Gasteiger partial charge in [0.2, 0.25) is 0 Å². The van der Waals surface area contributed by atoms with Crippen molar-refractivity contribution in [3.63, 3.8) is 0 Å². The molecule has 1 aromatic carbocycles. The van der Waals surface area contributed by atoms with Crippen LogP contribution in [0.3, 0.4) is 0 Å². The number of rotatable bonds is 5. The first-order chi connectivity index (χ1) is 9.67. The van der Waals surface area contributed by atoms with Gasteiger partial charge in [0.1, 0.15) is 0 Å². The summed E-state index contributed by atoms with van der Waals surface area (Å²) in [4.78, 5) is 0. The van der Waals surface area contributed by atoms with Gasteiger partial charge in [0.15, 0.2) is 0 Å². The quantitative estimate of drug-likeness (QED) is 0.527. The highest BCUT2D eigenvalue weighted by Gasteiger charge is 2.74. The minimum Gasteiger partial charge on any atom is -0.473 e. The molecule has 0 atom stereocenters. The average Bonchev–Trinajstić information content (AvgIpc) is 2.37. The topological polar surface area (TPSA) is 9.23 Å². The molecular formula is C14H14F6O. The minimum absolute atomic E-state index is 0.320. The van der Waals surface area contributed by atoms with Gasteiger partial charge in [0.25, 0.3) is 0 Å². The number of alkyl halides is 6. The second-order valence-corrected chi connectivity index (χ2v) is 4.32. The van der Waals surface area contributed by atoms with Crippen molar-refractivity contribution in [2.24, 2.45) is 0 Å². The number of hydrogen-bond donors (Lipinski definition) is 0. The van der Waals surface area contributed by atoms with Crippen LogP contribution in [0.15, 0.2) is 42.7 Å². The molecule has 0 spiro atoms. The Balaban J connectivity index is 3.38. The van der Waals surface area contributed by atoms with Gasteiger partial charge in [0, 0.05) is 5.56 Å². The van der Waals surface area contributed by atoms with Crippen LogP contribution in [0.4, 0.5) is 26.3 Å². The molecule has 7 heteroatoms. The largest absolute Gasteiger partial charge is 0.473 e. The van der Waals surface area contributed by atoms with E-state index < -0.39 is 23.5 Å². The Morgan fingerprint density at radius 3 is 1.90 bits per heavy atom. The lowest BCUT2D eigenvalue weighted by atomic mass is 9.92. The van der Waals surface area contributed by atoms with E-state index in [0.717, 1.165) is 30.3 Å². The number of halogens is 6. The number of ether oxygens (including phenoxy) is 1. The fraction of sp³-hybridized carbons (Fsp3) is 0.429. The molecule has 0 heterocycles. The van der Waals surface area contributed by atoms with Crippen LogP contribution < -0.4 is 0 Å². The molecule has 0 saturated heterocycles. The molecule has 0 aliphatic rings. The van der Waals surface area contributed by atoms with Crippen LogP contribution >= 0.6 is 0 Å². The van der Waals surface area contributed by atoms with Crippen LogP contribution in [0.5, 0.6) is 0 Å². The number of allylic oxidation sites excluding steroid dienone is 1. The van der Waals surface area contributed by atoms with Crippen LogP contribution in [-0.4, -0.2) is 12.4 Å². The van der Waals surface area contributed by atoms with Crippen molar-refractivity contribution in [1.82, 2.24) is 0 Å². The van der Waals surface area contributed by atoms with Gasteiger partial charge in [-0.25, -0.2) is 0 Å². The third-order valence-electron chi connectivity index (χ3n) is 2.78. The molecule has 0 saturated carbocycles. The second-order valence-electron chi connectivity index (χ2n) is 4.32. The van der Waals surface area contributed by atoms with Gasteiger partial charge in [-0.15, -0.1) is 0 Å². The fourth-order valence-corrected chi connectivity index (χ4v) is 1.75. The third-order valence-corrected chi connectivity index (χ3v) is 2.78. The first kappa shape index (κ1) is 17.4. The molecule has 0 aliphatic carbocycles. The predicted molar refractivity (Wildman–Crippen MR) is 65.4 cm³/mol. The van der Waals surface area contributed by atoms with Crippen LogP contribution in [0.25, 0.3) is 0 Å². The first-order valence-corrected chi connectivity index (χ1v) is 6.18. The molecule has 118 valence electrons. The summed E-state index contributed by atoms with van der Waals surface area (Å²) in [7, 11) is 0. The van der Waals surface area contributed by atoms with Crippen molar-refractivity contribution in [3.8, 4) is 0 Å². The Hall–Kier alpha value is -1.66. The molecule has 0 N–H and O–H groups in total. The molecule has 0 aliphatic heterocycles. The first-order valence-electron chi connectivity index (χ1n) is 6.18. The lowest BCUT2D eigenvalue weighted by Crippen LogP contribution is -2.55. The van der Waals surface area contributed by atoms with E-state index in [-0.39, 0.29) is 0 Å². The van der Waals surface area contributed by atoms with Crippen molar-refractivity contribution in [2.75, 3.05) is 0 Å². The van der Waals surface area contributed by atoms with Crippen LogP contribution in [0.2, 0.25) is 0 Å². The Bertz CT molecular complexity index is 447. The maximum absolute atomic E-state index is 13.2. The van der Waals surface area contributed by atoms with Crippen molar-refractivity contribution in [1.29, 1.82) is 0 Å². The maximum atomic E-state index is 13.2. The Labute approximate surface area is 118 Å². The summed E-state index contributed by atoms with van der Waals surface area (Å²) in [5.41, 5.74) is -5.38. The summed E-state index contributed by atoms with van der Waals surface area (Å²) in [5.74, 6) is 0. The molecule has 0 unspecified atom stereocenters. The molecule has 1 nitrogen and oxygen atoms in total. The molecule has 0 radical (unpaired) electrons. The van der Waals surface area contributed by atoms with Crippen molar-refractivity contribution >= 4 is 0 Å². The average molecular weight is 312 g/mol.